The average molecular weight is 368 g/mol. The van der Waals surface area contributed by atoms with E-state index < -0.39 is 12.0 Å². The van der Waals surface area contributed by atoms with Crippen molar-refractivity contribution in [3.63, 3.8) is 0 Å². The molecule has 0 aromatic heterocycles. The lowest BCUT2D eigenvalue weighted by Crippen LogP contribution is -2.41. The fraction of sp³-hybridized carbons (Fsp3) is 0.286. The molecule has 6 nitrogen and oxygen atoms in total. The highest BCUT2D eigenvalue weighted by atomic mass is 16.7. The van der Waals surface area contributed by atoms with Gasteiger partial charge in [0.25, 0.3) is 0 Å². The lowest BCUT2D eigenvalue weighted by atomic mass is 10.1. The van der Waals surface area contributed by atoms with Crippen LogP contribution in [-0.2, 0) is 27.3 Å². The number of rotatable bonds is 8. The normalized spacial score (nSPS) is 12.2. The van der Waals surface area contributed by atoms with Crippen molar-refractivity contribution in [2.75, 3.05) is 7.11 Å². The van der Waals surface area contributed by atoms with Gasteiger partial charge < -0.3 is 14.9 Å². The maximum Gasteiger partial charge on any atom is 0.357 e. The van der Waals surface area contributed by atoms with Crippen molar-refractivity contribution < 1.29 is 19.2 Å². The summed E-state index contributed by atoms with van der Waals surface area (Å²) in [6.45, 7) is 3.14. The van der Waals surface area contributed by atoms with Crippen LogP contribution >= 0.6 is 0 Å². The van der Waals surface area contributed by atoms with Crippen LogP contribution in [0.1, 0.15) is 25.0 Å². The number of amides is 1. The van der Waals surface area contributed by atoms with Crippen molar-refractivity contribution in [2.24, 2.45) is 5.16 Å². The van der Waals surface area contributed by atoms with E-state index in [0.717, 1.165) is 16.9 Å². The van der Waals surface area contributed by atoms with Gasteiger partial charge in [-0.15, -0.1) is 0 Å². The summed E-state index contributed by atoms with van der Waals surface area (Å²) in [5, 5.41) is 6.53. The zero-order valence-electron chi connectivity index (χ0n) is 15.8. The lowest BCUT2D eigenvalue weighted by Gasteiger charge is -2.15. The van der Waals surface area contributed by atoms with Gasteiger partial charge in [-0.2, -0.15) is 0 Å². The Bertz CT molecular complexity index is 786. The van der Waals surface area contributed by atoms with Gasteiger partial charge in [0.1, 0.15) is 11.8 Å². The van der Waals surface area contributed by atoms with Crippen molar-refractivity contribution in [2.45, 2.75) is 32.7 Å². The fourth-order valence-corrected chi connectivity index (χ4v) is 2.55. The molecule has 2 aromatic rings. The Kier molecular flexibility index (Phi) is 7.55. The summed E-state index contributed by atoms with van der Waals surface area (Å²) in [6.07, 6.45) is 0.882. The largest absolute Gasteiger partial charge is 0.497 e. The topological polar surface area (TPSA) is 77.0 Å². The Morgan fingerprint density at radius 2 is 1.67 bits per heavy atom. The van der Waals surface area contributed by atoms with E-state index in [1.807, 2.05) is 54.6 Å². The van der Waals surface area contributed by atoms with Crippen LogP contribution in [0.5, 0.6) is 5.75 Å². The third-order valence-corrected chi connectivity index (χ3v) is 3.86. The Hall–Kier alpha value is -3.15. The third-order valence-electron chi connectivity index (χ3n) is 3.86. The van der Waals surface area contributed by atoms with Gasteiger partial charge in [0.2, 0.25) is 5.91 Å². The van der Waals surface area contributed by atoms with Crippen LogP contribution in [0, 0.1) is 0 Å². The number of ether oxygens (including phenoxy) is 1. The highest BCUT2D eigenvalue weighted by Crippen LogP contribution is 2.12. The molecule has 0 saturated carbocycles. The van der Waals surface area contributed by atoms with E-state index in [0.29, 0.717) is 18.6 Å². The van der Waals surface area contributed by atoms with Gasteiger partial charge in [-0.05, 0) is 30.2 Å². The van der Waals surface area contributed by atoms with Crippen molar-refractivity contribution in [3.05, 3.63) is 65.7 Å². The van der Waals surface area contributed by atoms with E-state index in [9.17, 15) is 9.59 Å². The molecule has 142 valence electrons. The van der Waals surface area contributed by atoms with E-state index in [1.165, 1.54) is 6.92 Å². The predicted molar refractivity (Wildman–Crippen MR) is 104 cm³/mol. The molecule has 1 atom stereocenters. The standard InChI is InChI=1S/C21H24N2O4/c1-15(13-18-9-11-19(26-3)12-10-18)23-27-21(25)20(22-16(2)24)14-17-7-5-4-6-8-17/h4-12,20H,13-14H2,1-3H3,(H,22,24)/b23-15+/t20-/m0/s1. The molecule has 0 spiro atoms. The number of oxime groups is 1. The Labute approximate surface area is 159 Å². The molecule has 0 saturated heterocycles. The van der Waals surface area contributed by atoms with Gasteiger partial charge in [0.05, 0.1) is 12.8 Å². The first-order valence-electron chi connectivity index (χ1n) is 8.66. The van der Waals surface area contributed by atoms with E-state index in [-0.39, 0.29) is 5.91 Å². The van der Waals surface area contributed by atoms with E-state index in [2.05, 4.69) is 10.5 Å². The molecule has 0 fully saturated rings. The zero-order valence-corrected chi connectivity index (χ0v) is 15.8. The Balaban J connectivity index is 1.97. The first kappa shape index (κ1) is 20.2. The molecule has 0 bridgehead atoms. The fourth-order valence-electron chi connectivity index (χ4n) is 2.55. The summed E-state index contributed by atoms with van der Waals surface area (Å²) >= 11 is 0. The number of methoxy groups -OCH3 is 1. The maximum absolute atomic E-state index is 12.4. The summed E-state index contributed by atoms with van der Waals surface area (Å²) in [4.78, 5) is 28.8. The molecule has 6 heteroatoms. The Morgan fingerprint density at radius 3 is 2.26 bits per heavy atom. The van der Waals surface area contributed by atoms with E-state index in [1.54, 1.807) is 14.0 Å². The van der Waals surface area contributed by atoms with E-state index >= 15 is 0 Å². The molecule has 0 heterocycles. The first-order valence-corrected chi connectivity index (χ1v) is 8.66. The second-order valence-corrected chi connectivity index (χ2v) is 6.20. The van der Waals surface area contributed by atoms with Gasteiger partial charge in [-0.25, -0.2) is 4.79 Å². The zero-order chi connectivity index (χ0) is 19.6. The van der Waals surface area contributed by atoms with E-state index in [4.69, 9.17) is 9.57 Å². The number of nitrogens with zero attached hydrogens (tertiary/aromatic N) is 1. The van der Waals surface area contributed by atoms with Crippen LogP contribution in [0.25, 0.3) is 0 Å². The van der Waals surface area contributed by atoms with Crippen LogP contribution in [-0.4, -0.2) is 30.7 Å². The van der Waals surface area contributed by atoms with Crippen LogP contribution < -0.4 is 10.1 Å². The van der Waals surface area contributed by atoms with Crippen molar-refractivity contribution in [1.82, 2.24) is 5.32 Å². The summed E-state index contributed by atoms with van der Waals surface area (Å²) in [6, 6.07) is 16.2. The predicted octanol–water partition coefficient (Wildman–Crippen LogP) is 2.90. The van der Waals surface area contributed by atoms with Gasteiger partial charge >= 0.3 is 5.97 Å². The molecule has 0 radical (unpaired) electrons. The number of hydrogen-bond acceptors (Lipinski definition) is 5. The number of carbonyl (C=O) groups excluding carboxylic acids is 2. The lowest BCUT2D eigenvalue weighted by molar-refractivity contribution is -0.147. The number of hydrogen-bond donors (Lipinski definition) is 1. The minimum absolute atomic E-state index is 0.299. The van der Waals surface area contributed by atoms with Crippen LogP contribution in [0.2, 0.25) is 0 Å². The molecule has 0 aliphatic heterocycles. The minimum Gasteiger partial charge on any atom is -0.497 e. The van der Waals surface area contributed by atoms with Crippen LogP contribution in [0.15, 0.2) is 59.8 Å². The third kappa shape index (κ3) is 6.93. The molecule has 1 N–H and O–H groups in total. The first-order chi connectivity index (χ1) is 13.0. The number of nitrogens with one attached hydrogen (secondary N) is 1. The van der Waals surface area contributed by atoms with Crippen LogP contribution in [0.3, 0.4) is 0 Å². The van der Waals surface area contributed by atoms with Gasteiger partial charge in [-0.3, -0.25) is 4.79 Å². The monoisotopic (exact) mass is 368 g/mol. The summed E-state index contributed by atoms with van der Waals surface area (Å²) in [5.74, 6) is -0.117. The highest BCUT2D eigenvalue weighted by molar-refractivity contribution is 5.86. The molecular formula is C21H24N2O4. The second kappa shape index (κ2) is 10.1. The number of carbonyl (C=O) groups is 2. The smallest absolute Gasteiger partial charge is 0.357 e. The average Bonchev–Trinajstić information content (AvgIpc) is 2.66. The van der Waals surface area contributed by atoms with Gasteiger partial charge in [0.15, 0.2) is 0 Å². The summed E-state index contributed by atoms with van der Waals surface area (Å²) in [7, 11) is 1.61. The molecule has 0 aliphatic carbocycles. The quantitative estimate of drug-likeness (QED) is 0.442. The highest BCUT2D eigenvalue weighted by Gasteiger charge is 2.22. The molecule has 0 unspecified atom stereocenters. The molecule has 27 heavy (non-hydrogen) atoms. The summed E-state index contributed by atoms with van der Waals surface area (Å²) in [5.41, 5.74) is 2.60. The maximum atomic E-state index is 12.4. The molecule has 0 aliphatic rings. The number of benzene rings is 2. The van der Waals surface area contributed by atoms with Crippen molar-refractivity contribution in [1.29, 1.82) is 0 Å². The second-order valence-electron chi connectivity index (χ2n) is 6.20. The SMILES string of the molecule is COc1ccc(C/C(C)=N/OC(=O)[C@H](Cc2ccccc2)NC(C)=O)cc1. The minimum atomic E-state index is -0.789. The molecular weight excluding hydrogens is 344 g/mol. The molecule has 2 rings (SSSR count). The van der Waals surface area contributed by atoms with Gasteiger partial charge in [-0.1, -0.05) is 47.6 Å². The summed E-state index contributed by atoms with van der Waals surface area (Å²) < 4.78 is 5.13. The van der Waals surface area contributed by atoms with Crippen LogP contribution in [0.4, 0.5) is 0 Å². The van der Waals surface area contributed by atoms with Crippen molar-refractivity contribution in [3.8, 4) is 5.75 Å². The molecule has 1 amide bonds. The van der Waals surface area contributed by atoms with Gasteiger partial charge in [0, 0.05) is 19.8 Å². The van der Waals surface area contributed by atoms with Crippen molar-refractivity contribution >= 4 is 17.6 Å². The molecule has 2 aromatic carbocycles. The Morgan fingerprint density at radius 1 is 1.00 bits per heavy atom.